The van der Waals surface area contributed by atoms with E-state index >= 15 is 0 Å². The van der Waals surface area contributed by atoms with Gasteiger partial charge in [-0.25, -0.2) is 9.07 Å². The Morgan fingerprint density at radius 1 is 1.48 bits per heavy atom. The third-order valence-electron chi connectivity index (χ3n) is 3.68. The average molecular weight is 290 g/mol. The number of aromatic nitrogens is 4. The van der Waals surface area contributed by atoms with Gasteiger partial charge in [-0.1, -0.05) is 6.92 Å². The van der Waals surface area contributed by atoms with Crippen LogP contribution in [-0.2, 0) is 4.79 Å². The highest BCUT2D eigenvalue weighted by Crippen LogP contribution is 2.22. The van der Waals surface area contributed by atoms with Gasteiger partial charge < -0.3 is 10.6 Å². The molecule has 0 saturated carbocycles. The largest absolute Gasteiger partial charge is 0.323 e. The van der Waals surface area contributed by atoms with Gasteiger partial charge in [-0.05, 0) is 41.1 Å². The predicted octanol–water partition coefficient (Wildman–Crippen LogP) is 0.595. The highest BCUT2D eigenvalue weighted by Gasteiger charge is 2.29. The molecular formula is C13H15FN6O. The average Bonchev–Trinajstić information content (AvgIpc) is 3.12. The number of nitrogens with one attached hydrogen (secondary N) is 2. The SMILES string of the molecule is C[C@@H]1CNC[C@H]1C(=O)Nc1cc(-n2cnnn2)ccc1F. The van der Waals surface area contributed by atoms with Crippen LogP contribution in [0.25, 0.3) is 5.69 Å². The first-order chi connectivity index (χ1) is 10.1. The van der Waals surface area contributed by atoms with Crippen LogP contribution in [0.5, 0.6) is 0 Å². The van der Waals surface area contributed by atoms with E-state index in [1.165, 1.54) is 23.1 Å². The number of tetrazole rings is 1. The van der Waals surface area contributed by atoms with Crippen LogP contribution in [0.2, 0.25) is 0 Å². The van der Waals surface area contributed by atoms with Gasteiger partial charge in [0, 0.05) is 6.54 Å². The van der Waals surface area contributed by atoms with E-state index in [1.807, 2.05) is 6.92 Å². The summed E-state index contributed by atoms with van der Waals surface area (Å²) in [4.78, 5) is 12.2. The number of nitrogens with zero attached hydrogens (tertiary/aromatic N) is 4. The standard InChI is InChI=1S/C13H15FN6O/c1-8-5-15-6-10(8)13(21)17-12-4-9(2-3-11(12)14)20-7-16-18-19-20/h2-4,7-8,10,15H,5-6H2,1H3,(H,17,21)/t8-,10-/m1/s1. The molecule has 1 amide bonds. The number of carbonyl (C=O) groups excluding carboxylic acids is 1. The summed E-state index contributed by atoms with van der Waals surface area (Å²) in [6.07, 6.45) is 1.40. The van der Waals surface area contributed by atoms with Crippen molar-refractivity contribution >= 4 is 11.6 Å². The predicted molar refractivity (Wildman–Crippen MR) is 73.3 cm³/mol. The van der Waals surface area contributed by atoms with E-state index in [4.69, 9.17) is 0 Å². The molecule has 21 heavy (non-hydrogen) atoms. The first-order valence-corrected chi connectivity index (χ1v) is 6.69. The van der Waals surface area contributed by atoms with Crippen molar-refractivity contribution in [3.8, 4) is 5.69 Å². The molecule has 2 aromatic rings. The minimum Gasteiger partial charge on any atom is -0.323 e. The van der Waals surface area contributed by atoms with E-state index < -0.39 is 5.82 Å². The van der Waals surface area contributed by atoms with Gasteiger partial charge in [0.15, 0.2) is 0 Å². The van der Waals surface area contributed by atoms with Gasteiger partial charge in [-0.15, -0.1) is 5.10 Å². The zero-order valence-corrected chi connectivity index (χ0v) is 11.5. The van der Waals surface area contributed by atoms with Crippen LogP contribution >= 0.6 is 0 Å². The Balaban J connectivity index is 1.81. The van der Waals surface area contributed by atoms with Gasteiger partial charge in [0.2, 0.25) is 5.91 Å². The van der Waals surface area contributed by atoms with Crippen molar-refractivity contribution < 1.29 is 9.18 Å². The van der Waals surface area contributed by atoms with Crippen molar-refractivity contribution in [3.63, 3.8) is 0 Å². The minimum atomic E-state index is -0.487. The molecule has 0 unspecified atom stereocenters. The number of anilines is 1. The fourth-order valence-electron chi connectivity index (χ4n) is 2.42. The van der Waals surface area contributed by atoms with E-state index in [1.54, 1.807) is 6.07 Å². The number of halogens is 1. The Kier molecular flexibility index (Phi) is 3.61. The maximum Gasteiger partial charge on any atom is 0.229 e. The summed E-state index contributed by atoms with van der Waals surface area (Å²) >= 11 is 0. The summed E-state index contributed by atoms with van der Waals surface area (Å²) in [6.45, 7) is 3.41. The number of rotatable bonds is 3. The van der Waals surface area contributed by atoms with Gasteiger partial charge >= 0.3 is 0 Å². The van der Waals surface area contributed by atoms with Crippen molar-refractivity contribution in [2.24, 2.45) is 11.8 Å². The molecule has 1 aliphatic rings. The summed E-state index contributed by atoms with van der Waals surface area (Å²) < 4.78 is 15.3. The molecule has 1 aliphatic heterocycles. The molecule has 0 radical (unpaired) electrons. The third kappa shape index (κ3) is 2.75. The van der Waals surface area contributed by atoms with Crippen molar-refractivity contribution in [1.82, 2.24) is 25.5 Å². The molecule has 2 heterocycles. The highest BCUT2D eigenvalue weighted by atomic mass is 19.1. The number of hydrogen-bond acceptors (Lipinski definition) is 5. The molecule has 3 rings (SSSR count). The van der Waals surface area contributed by atoms with Crippen LogP contribution < -0.4 is 10.6 Å². The monoisotopic (exact) mass is 290 g/mol. The lowest BCUT2D eigenvalue weighted by Gasteiger charge is -2.15. The molecule has 1 aromatic heterocycles. The Morgan fingerprint density at radius 3 is 3.00 bits per heavy atom. The Morgan fingerprint density at radius 2 is 2.33 bits per heavy atom. The maximum atomic E-state index is 13.9. The molecule has 0 bridgehead atoms. The van der Waals surface area contributed by atoms with E-state index in [9.17, 15) is 9.18 Å². The topological polar surface area (TPSA) is 84.7 Å². The molecule has 1 saturated heterocycles. The fraction of sp³-hybridized carbons (Fsp3) is 0.385. The number of benzene rings is 1. The van der Waals surface area contributed by atoms with Crippen molar-refractivity contribution in [3.05, 3.63) is 30.3 Å². The highest BCUT2D eigenvalue weighted by molar-refractivity contribution is 5.93. The Labute approximate surface area is 120 Å². The van der Waals surface area contributed by atoms with Crippen LogP contribution in [0, 0.1) is 17.7 Å². The zero-order valence-electron chi connectivity index (χ0n) is 11.5. The van der Waals surface area contributed by atoms with Crippen molar-refractivity contribution in [2.45, 2.75) is 6.92 Å². The summed E-state index contributed by atoms with van der Waals surface area (Å²) in [5, 5.41) is 16.6. The molecule has 2 N–H and O–H groups in total. The molecule has 1 fully saturated rings. The first kappa shape index (κ1) is 13.6. The number of amides is 1. The molecule has 1 aromatic carbocycles. The minimum absolute atomic E-state index is 0.132. The molecule has 8 heteroatoms. The van der Waals surface area contributed by atoms with Crippen molar-refractivity contribution in [2.75, 3.05) is 18.4 Å². The third-order valence-corrected chi connectivity index (χ3v) is 3.68. The Hall–Kier alpha value is -2.35. The Bertz CT molecular complexity index is 644. The molecule has 2 atom stereocenters. The molecular weight excluding hydrogens is 275 g/mol. The summed E-state index contributed by atoms with van der Waals surface area (Å²) in [5.41, 5.74) is 0.710. The van der Waals surface area contributed by atoms with Gasteiger partial charge in [0.25, 0.3) is 0 Å². The van der Waals surface area contributed by atoms with Gasteiger partial charge in [0.05, 0.1) is 17.3 Å². The molecule has 110 valence electrons. The van der Waals surface area contributed by atoms with Gasteiger partial charge in [-0.3, -0.25) is 4.79 Å². The van der Waals surface area contributed by atoms with Gasteiger partial charge in [0.1, 0.15) is 12.1 Å². The smallest absolute Gasteiger partial charge is 0.229 e. The zero-order chi connectivity index (χ0) is 14.8. The van der Waals surface area contributed by atoms with Gasteiger partial charge in [-0.2, -0.15) is 0 Å². The molecule has 0 aliphatic carbocycles. The quantitative estimate of drug-likeness (QED) is 0.864. The lowest BCUT2D eigenvalue weighted by atomic mass is 9.97. The lowest BCUT2D eigenvalue weighted by molar-refractivity contribution is -0.120. The van der Waals surface area contributed by atoms with Crippen molar-refractivity contribution in [1.29, 1.82) is 0 Å². The van der Waals surface area contributed by atoms with E-state index in [0.717, 1.165) is 6.54 Å². The second-order valence-corrected chi connectivity index (χ2v) is 5.15. The number of hydrogen-bond donors (Lipinski definition) is 2. The van der Waals surface area contributed by atoms with Crippen LogP contribution in [-0.4, -0.2) is 39.2 Å². The number of carbonyl (C=O) groups is 1. The van der Waals surface area contributed by atoms with E-state index in [2.05, 4.69) is 26.2 Å². The maximum absolute atomic E-state index is 13.9. The second-order valence-electron chi connectivity index (χ2n) is 5.15. The van der Waals surface area contributed by atoms with Crippen LogP contribution in [0.4, 0.5) is 10.1 Å². The summed E-state index contributed by atoms with van der Waals surface area (Å²) in [5.74, 6) is -0.587. The lowest BCUT2D eigenvalue weighted by Crippen LogP contribution is -2.28. The molecule has 7 nitrogen and oxygen atoms in total. The second kappa shape index (κ2) is 5.57. The van der Waals surface area contributed by atoms with Crippen LogP contribution in [0.1, 0.15) is 6.92 Å². The van der Waals surface area contributed by atoms with E-state index in [0.29, 0.717) is 12.2 Å². The summed E-state index contributed by atoms with van der Waals surface area (Å²) in [6, 6.07) is 4.33. The first-order valence-electron chi connectivity index (χ1n) is 6.69. The summed E-state index contributed by atoms with van der Waals surface area (Å²) in [7, 11) is 0. The van der Waals surface area contributed by atoms with E-state index in [-0.39, 0.29) is 23.4 Å². The normalized spacial score (nSPS) is 21.4. The van der Waals surface area contributed by atoms with Crippen LogP contribution in [0.3, 0.4) is 0 Å². The fourth-order valence-corrected chi connectivity index (χ4v) is 2.42. The molecule has 0 spiro atoms. The van der Waals surface area contributed by atoms with Crippen LogP contribution in [0.15, 0.2) is 24.5 Å².